The van der Waals surface area contributed by atoms with Gasteiger partial charge in [-0.3, -0.25) is 18.9 Å². The number of rotatable bonds is 4. The third-order valence-electron chi connectivity index (χ3n) is 2.60. The lowest BCUT2D eigenvalue weighted by Crippen LogP contribution is -2.36. The maximum Gasteiger partial charge on any atom is 0.339 e. The van der Waals surface area contributed by atoms with E-state index in [0.717, 1.165) is 0 Å². The lowest BCUT2D eigenvalue weighted by Gasteiger charge is -2.25. The van der Waals surface area contributed by atoms with E-state index in [1.807, 2.05) is 0 Å². The second-order valence-electron chi connectivity index (χ2n) is 4.46. The number of nitrogens with zero attached hydrogens (tertiary/aromatic N) is 2. The fourth-order valence-corrected chi connectivity index (χ4v) is 3.41. The van der Waals surface area contributed by atoms with Crippen molar-refractivity contribution in [3.63, 3.8) is 0 Å². The molecular formula is C8H20N2O7P2. The summed E-state index contributed by atoms with van der Waals surface area (Å²) in [7, 11) is -8.29. The number of ether oxygens (including phenoxy) is 1. The standard InChI is InChI=1S/C8H20N2O7P2/c11-18(12,13)7-9-1-2-10(8-19(14,15)16)4-6-17-5-3-9/h1-8H2,(H2,11,12,13)(H2,14,15,16). The zero-order valence-electron chi connectivity index (χ0n) is 10.5. The molecule has 0 bridgehead atoms. The molecule has 0 amide bonds. The molecule has 1 fully saturated rings. The minimum atomic E-state index is -4.14. The summed E-state index contributed by atoms with van der Waals surface area (Å²) in [6.45, 7) is 2.10. The molecule has 9 nitrogen and oxygen atoms in total. The third-order valence-corrected chi connectivity index (χ3v) is 4.14. The summed E-state index contributed by atoms with van der Waals surface area (Å²) in [5.74, 6) is 0. The van der Waals surface area contributed by atoms with Crippen LogP contribution in [0.4, 0.5) is 0 Å². The molecule has 0 aliphatic carbocycles. The Kier molecular flexibility index (Phi) is 6.59. The van der Waals surface area contributed by atoms with E-state index < -0.39 is 15.2 Å². The zero-order valence-corrected chi connectivity index (χ0v) is 12.2. The molecule has 0 aromatic heterocycles. The monoisotopic (exact) mass is 318 g/mol. The van der Waals surface area contributed by atoms with E-state index in [0.29, 0.717) is 39.4 Å². The second-order valence-corrected chi connectivity index (χ2v) is 7.69. The largest absolute Gasteiger partial charge is 0.379 e. The summed E-state index contributed by atoms with van der Waals surface area (Å²) < 4.78 is 27.2. The molecule has 0 unspecified atom stereocenters. The lowest BCUT2D eigenvalue weighted by molar-refractivity contribution is 0.109. The first-order valence-corrected chi connectivity index (χ1v) is 9.37. The van der Waals surface area contributed by atoms with Crippen LogP contribution in [0.25, 0.3) is 0 Å². The van der Waals surface area contributed by atoms with Crippen LogP contribution in [0, 0.1) is 0 Å². The number of hydrogen-bond donors (Lipinski definition) is 4. The fourth-order valence-electron chi connectivity index (χ4n) is 1.80. The first kappa shape index (κ1) is 17.2. The van der Waals surface area contributed by atoms with Gasteiger partial charge in [-0.15, -0.1) is 0 Å². The average Bonchev–Trinajstić information content (AvgIpc) is 2.28. The molecule has 0 radical (unpaired) electrons. The Bertz CT molecular complexity index is 334. The highest BCUT2D eigenvalue weighted by Gasteiger charge is 2.23. The van der Waals surface area contributed by atoms with E-state index >= 15 is 0 Å². The van der Waals surface area contributed by atoms with E-state index in [1.54, 1.807) is 9.80 Å². The molecule has 11 heteroatoms. The molecule has 19 heavy (non-hydrogen) atoms. The minimum absolute atomic E-state index is 0.328. The highest BCUT2D eigenvalue weighted by molar-refractivity contribution is 7.51. The van der Waals surface area contributed by atoms with Crippen molar-refractivity contribution < 1.29 is 33.4 Å². The summed E-state index contributed by atoms with van der Waals surface area (Å²) in [4.78, 5) is 38.9. The van der Waals surface area contributed by atoms with Crippen molar-refractivity contribution >= 4 is 15.2 Å². The van der Waals surface area contributed by atoms with Gasteiger partial charge in [0.1, 0.15) is 12.6 Å². The Morgan fingerprint density at radius 2 is 1.16 bits per heavy atom. The second kappa shape index (κ2) is 7.26. The predicted molar refractivity (Wildman–Crippen MR) is 67.8 cm³/mol. The summed E-state index contributed by atoms with van der Waals surface area (Å²) in [5.41, 5.74) is 0. The van der Waals surface area contributed by atoms with Gasteiger partial charge in [0, 0.05) is 26.2 Å². The number of hydrogen-bond acceptors (Lipinski definition) is 5. The summed E-state index contributed by atoms with van der Waals surface area (Å²) in [6.07, 6.45) is -0.750. The quantitative estimate of drug-likeness (QED) is 0.477. The van der Waals surface area contributed by atoms with E-state index in [-0.39, 0.29) is 12.6 Å². The topological polar surface area (TPSA) is 131 Å². The van der Waals surface area contributed by atoms with Crippen LogP contribution < -0.4 is 0 Å². The first-order valence-electron chi connectivity index (χ1n) is 5.77. The normalized spacial score (nSPS) is 21.7. The molecule has 1 heterocycles. The van der Waals surface area contributed by atoms with Gasteiger partial charge < -0.3 is 24.3 Å². The minimum Gasteiger partial charge on any atom is -0.379 e. The molecule has 1 aliphatic rings. The van der Waals surface area contributed by atoms with Crippen LogP contribution in [-0.2, 0) is 13.9 Å². The maximum atomic E-state index is 11.0. The van der Waals surface area contributed by atoms with E-state index in [1.165, 1.54) is 0 Å². The highest BCUT2D eigenvalue weighted by atomic mass is 31.2. The van der Waals surface area contributed by atoms with Crippen molar-refractivity contribution in [2.45, 2.75) is 0 Å². The summed E-state index contributed by atoms with van der Waals surface area (Å²) in [6, 6.07) is 0. The van der Waals surface area contributed by atoms with Crippen molar-refractivity contribution in [1.82, 2.24) is 9.80 Å². The molecule has 0 saturated carbocycles. The van der Waals surface area contributed by atoms with Crippen LogP contribution in [0.2, 0.25) is 0 Å². The van der Waals surface area contributed by atoms with Crippen molar-refractivity contribution in [2.24, 2.45) is 0 Å². The van der Waals surface area contributed by atoms with E-state index in [4.69, 9.17) is 24.3 Å². The first-order chi connectivity index (χ1) is 8.66. The Labute approximate surface area is 111 Å². The van der Waals surface area contributed by atoms with Gasteiger partial charge in [0.15, 0.2) is 0 Å². The molecular weight excluding hydrogens is 298 g/mol. The average molecular weight is 318 g/mol. The molecule has 1 rings (SSSR count). The van der Waals surface area contributed by atoms with Crippen LogP contribution in [0.5, 0.6) is 0 Å². The molecule has 0 atom stereocenters. The van der Waals surface area contributed by atoms with Gasteiger partial charge in [0.25, 0.3) is 0 Å². The van der Waals surface area contributed by atoms with Crippen LogP contribution in [0.3, 0.4) is 0 Å². The van der Waals surface area contributed by atoms with Crippen molar-refractivity contribution in [2.75, 3.05) is 52.0 Å². The smallest absolute Gasteiger partial charge is 0.339 e. The van der Waals surface area contributed by atoms with Crippen molar-refractivity contribution in [1.29, 1.82) is 0 Å². The molecule has 4 N–H and O–H groups in total. The van der Waals surface area contributed by atoms with Gasteiger partial charge in [-0.05, 0) is 0 Å². The predicted octanol–water partition coefficient (Wildman–Crippen LogP) is -1.11. The maximum absolute atomic E-state index is 11.0. The van der Waals surface area contributed by atoms with Gasteiger partial charge in [-0.25, -0.2) is 0 Å². The molecule has 0 spiro atoms. The summed E-state index contributed by atoms with van der Waals surface area (Å²) in [5, 5.41) is 0. The molecule has 1 saturated heterocycles. The van der Waals surface area contributed by atoms with Gasteiger partial charge >= 0.3 is 15.2 Å². The van der Waals surface area contributed by atoms with Gasteiger partial charge in [-0.1, -0.05) is 0 Å². The fraction of sp³-hybridized carbons (Fsp3) is 1.00. The zero-order chi connectivity index (χ0) is 14.5. The van der Waals surface area contributed by atoms with E-state index in [2.05, 4.69) is 0 Å². The Balaban J connectivity index is 2.56. The van der Waals surface area contributed by atoms with Crippen molar-refractivity contribution in [3.8, 4) is 0 Å². The Morgan fingerprint density at radius 1 is 0.789 bits per heavy atom. The van der Waals surface area contributed by atoms with Gasteiger partial charge in [0.2, 0.25) is 0 Å². The molecule has 1 aliphatic heterocycles. The Morgan fingerprint density at radius 3 is 1.47 bits per heavy atom. The van der Waals surface area contributed by atoms with Crippen molar-refractivity contribution in [3.05, 3.63) is 0 Å². The lowest BCUT2D eigenvalue weighted by atomic mass is 10.5. The summed E-state index contributed by atoms with van der Waals surface area (Å²) >= 11 is 0. The molecule has 0 aromatic carbocycles. The van der Waals surface area contributed by atoms with Crippen LogP contribution in [0.1, 0.15) is 0 Å². The third kappa shape index (κ3) is 8.86. The van der Waals surface area contributed by atoms with Crippen LogP contribution in [0.15, 0.2) is 0 Å². The van der Waals surface area contributed by atoms with Gasteiger partial charge in [0.05, 0.1) is 13.2 Å². The van der Waals surface area contributed by atoms with E-state index in [9.17, 15) is 9.13 Å². The molecule has 0 aromatic rings. The highest BCUT2D eigenvalue weighted by Crippen LogP contribution is 2.36. The SMILES string of the molecule is O=P(O)(O)CN1CCOCCN(CP(=O)(O)O)CC1. The Hall–Kier alpha value is 0.180. The van der Waals surface area contributed by atoms with Gasteiger partial charge in [-0.2, -0.15) is 0 Å². The van der Waals surface area contributed by atoms with Crippen LogP contribution in [-0.4, -0.2) is 81.3 Å². The molecule has 114 valence electrons. The van der Waals surface area contributed by atoms with Crippen LogP contribution >= 0.6 is 15.2 Å².